The zero-order chi connectivity index (χ0) is 20.2. The first kappa shape index (κ1) is 21.3. The third kappa shape index (κ3) is 7.31. The highest BCUT2D eigenvalue weighted by Gasteiger charge is 2.15. The first-order chi connectivity index (χ1) is 13.6. The van der Waals surface area contributed by atoms with Gasteiger partial charge in [-0.25, -0.2) is 0 Å². The van der Waals surface area contributed by atoms with Crippen LogP contribution in [0.25, 0.3) is 0 Å². The number of hydrogen-bond donors (Lipinski definition) is 0. The number of rotatable bonds is 11. The fourth-order valence-electron chi connectivity index (χ4n) is 2.67. The average molecular weight is 385 g/mol. The van der Waals surface area contributed by atoms with Gasteiger partial charge >= 0.3 is 5.97 Å². The lowest BCUT2D eigenvalue weighted by atomic mass is 10.2. The van der Waals surface area contributed by atoms with Crippen LogP contribution in [0, 0.1) is 0 Å². The number of amides is 1. The van der Waals surface area contributed by atoms with Gasteiger partial charge in [-0.05, 0) is 36.2 Å². The van der Waals surface area contributed by atoms with Gasteiger partial charge in [0, 0.05) is 19.5 Å². The summed E-state index contributed by atoms with van der Waals surface area (Å²) in [4.78, 5) is 25.8. The van der Waals surface area contributed by atoms with Crippen molar-refractivity contribution in [1.82, 2.24) is 4.90 Å². The largest absolute Gasteiger partial charge is 0.497 e. The number of nitrogens with zero attached hydrogens (tertiary/aromatic N) is 1. The van der Waals surface area contributed by atoms with Crippen molar-refractivity contribution in [2.75, 3.05) is 27.4 Å². The third-order valence-electron chi connectivity index (χ3n) is 4.25. The highest BCUT2D eigenvalue weighted by atomic mass is 16.5. The molecular weight excluding hydrogens is 358 g/mol. The minimum absolute atomic E-state index is 0.00825. The molecule has 2 rings (SSSR count). The van der Waals surface area contributed by atoms with Crippen LogP contribution >= 0.6 is 0 Å². The van der Waals surface area contributed by atoms with Crippen molar-refractivity contribution in [3.63, 3.8) is 0 Å². The van der Waals surface area contributed by atoms with Crippen LogP contribution in [-0.2, 0) is 20.9 Å². The smallest absolute Gasteiger partial charge is 0.307 e. The summed E-state index contributed by atoms with van der Waals surface area (Å²) in [7, 11) is 2.96. The maximum Gasteiger partial charge on any atom is 0.307 e. The van der Waals surface area contributed by atoms with E-state index in [0.717, 1.165) is 17.1 Å². The molecule has 0 atom stereocenters. The highest BCUT2D eigenvalue weighted by molar-refractivity contribution is 5.77. The summed E-state index contributed by atoms with van der Waals surface area (Å²) in [6, 6.07) is 17.0. The molecule has 150 valence electrons. The fraction of sp³-hybridized carbons (Fsp3) is 0.364. The minimum Gasteiger partial charge on any atom is -0.497 e. The van der Waals surface area contributed by atoms with Crippen molar-refractivity contribution in [2.24, 2.45) is 0 Å². The number of carbonyl (C=O) groups is 2. The molecule has 0 saturated carbocycles. The van der Waals surface area contributed by atoms with Gasteiger partial charge in [0.25, 0.3) is 0 Å². The molecule has 0 bridgehead atoms. The van der Waals surface area contributed by atoms with Gasteiger partial charge in [-0.1, -0.05) is 30.3 Å². The number of ether oxygens (including phenoxy) is 3. The molecule has 0 N–H and O–H groups in total. The second kappa shape index (κ2) is 11.6. The monoisotopic (exact) mass is 385 g/mol. The molecule has 0 heterocycles. The predicted octanol–water partition coefficient (Wildman–Crippen LogP) is 3.45. The van der Waals surface area contributed by atoms with Gasteiger partial charge in [-0.3, -0.25) is 9.59 Å². The number of esters is 1. The molecule has 0 radical (unpaired) electrons. The molecule has 2 aromatic rings. The van der Waals surface area contributed by atoms with Crippen molar-refractivity contribution in [1.29, 1.82) is 0 Å². The van der Waals surface area contributed by atoms with Gasteiger partial charge in [-0.2, -0.15) is 0 Å². The topological polar surface area (TPSA) is 65.1 Å². The Hall–Kier alpha value is -3.02. The summed E-state index contributed by atoms with van der Waals surface area (Å²) in [5.41, 5.74) is 1.02. The highest BCUT2D eigenvalue weighted by Crippen LogP contribution is 2.17. The van der Waals surface area contributed by atoms with E-state index in [-0.39, 0.29) is 18.3 Å². The number of methoxy groups -OCH3 is 2. The number of carbonyl (C=O) groups excluding carboxylic acids is 2. The Morgan fingerprint density at radius 3 is 2.21 bits per heavy atom. The summed E-state index contributed by atoms with van der Waals surface area (Å²) in [6.07, 6.45) is 1.12. The SMILES string of the molecule is COC(=O)CCN(Cc1ccccc1)C(=O)CCCOc1ccc(OC)cc1. The number of hydrogen-bond acceptors (Lipinski definition) is 5. The Balaban J connectivity index is 1.83. The van der Waals surface area contributed by atoms with Crippen LogP contribution in [0.15, 0.2) is 54.6 Å². The second-order valence-corrected chi connectivity index (χ2v) is 6.25. The van der Waals surface area contributed by atoms with E-state index < -0.39 is 0 Å². The second-order valence-electron chi connectivity index (χ2n) is 6.25. The molecule has 28 heavy (non-hydrogen) atoms. The van der Waals surface area contributed by atoms with Crippen LogP contribution in [0.4, 0.5) is 0 Å². The van der Waals surface area contributed by atoms with E-state index in [2.05, 4.69) is 4.74 Å². The average Bonchev–Trinajstić information content (AvgIpc) is 2.74. The molecule has 0 saturated heterocycles. The van der Waals surface area contributed by atoms with Crippen molar-refractivity contribution >= 4 is 11.9 Å². The predicted molar refractivity (Wildman–Crippen MR) is 106 cm³/mol. The zero-order valence-corrected chi connectivity index (χ0v) is 16.4. The van der Waals surface area contributed by atoms with Crippen LogP contribution in [-0.4, -0.2) is 44.1 Å². The molecule has 6 heteroatoms. The van der Waals surface area contributed by atoms with Gasteiger partial charge in [0.05, 0.1) is 27.2 Å². The molecule has 6 nitrogen and oxygen atoms in total. The first-order valence-electron chi connectivity index (χ1n) is 9.27. The molecule has 2 aromatic carbocycles. The van der Waals surface area contributed by atoms with Crippen molar-refractivity contribution in [3.8, 4) is 11.5 Å². The van der Waals surface area contributed by atoms with Crippen LogP contribution in [0.5, 0.6) is 11.5 Å². The first-order valence-corrected chi connectivity index (χ1v) is 9.27. The molecule has 0 aliphatic rings. The Morgan fingerprint density at radius 2 is 1.57 bits per heavy atom. The quantitative estimate of drug-likeness (QED) is 0.438. The standard InChI is InChI=1S/C22H27NO5/c1-26-19-10-12-20(13-11-19)28-16-6-9-21(24)23(15-14-22(25)27-2)17-18-7-4-3-5-8-18/h3-5,7-8,10-13H,6,9,14-17H2,1-2H3. The lowest BCUT2D eigenvalue weighted by Gasteiger charge is -2.22. The third-order valence-corrected chi connectivity index (χ3v) is 4.25. The Labute approximate surface area is 166 Å². The van der Waals surface area contributed by atoms with Gasteiger partial charge in [0.2, 0.25) is 5.91 Å². The summed E-state index contributed by atoms with van der Waals surface area (Å²) in [5.74, 6) is 1.17. The van der Waals surface area contributed by atoms with E-state index in [1.165, 1.54) is 7.11 Å². The normalized spacial score (nSPS) is 10.2. The number of benzene rings is 2. The van der Waals surface area contributed by atoms with Gasteiger partial charge < -0.3 is 19.1 Å². The molecule has 1 amide bonds. The van der Waals surface area contributed by atoms with E-state index in [9.17, 15) is 9.59 Å². The molecule has 0 unspecified atom stereocenters. The Kier molecular flexibility index (Phi) is 8.85. The molecule has 0 fully saturated rings. The summed E-state index contributed by atoms with van der Waals surface area (Å²) in [5, 5.41) is 0. The maximum absolute atomic E-state index is 12.6. The Morgan fingerprint density at radius 1 is 0.893 bits per heavy atom. The van der Waals surface area contributed by atoms with Gasteiger partial charge in [0.1, 0.15) is 11.5 Å². The molecule has 0 aliphatic heterocycles. The van der Waals surface area contributed by atoms with Crippen LogP contribution in [0.2, 0.25) is 0 Å². The van der Waals surface area contributed by atoms with E-state index in [1.807, 2.05) is 54.6 Å². The van der Waals surface area contributed by atoms with E-state index in [1.54, 1.807) is 12.0 Å². The van der Waals surface area contributed by atoms with Gasteiger partial charge in [0.15, 0.2) is 0 Å². The molecule has 0 aliphatic carbocycles. The molecule has 0 aromatic heterocycles. The van der Waals surface area contributed by atoms with Gasteiger partial charge in [-0.15, -0.1) is 0 Å². The van der Waals surface area contributed by atoms with Crippen molar-refractivity contribution in [3.05, 3.63) is 60.2 Å². The summed E-state index contributed by atoms with van der Waals surface area (Å²) < 4.78 is 15.5. The van der Waals surface area contributed by atoms with E-state index in [0.29, 0.717) is 32.5 Å². The Bertz CT molecular complexity index is 730. The van der Waals surface area contributed by atoms with Crippen LogP contribution in [0.3, 0.4) is 0 Å². The minimum atomic E-state index is -0.325. The summed E-state index contributed by atoms with van der Waals surface area (Å²) in [6.45, 7) is 1.24. The van der Waals surface area contributed by atoms with Crippen molar-refractivity contribution < 1.29 is 23.8 Å². The maximum atomic E-state index is 12.6. The zero-order valence-electron chi connectivity index (χ0n) is 16.4. The van der Waals surface area contributed by atoms with Crippen molar-refractivity contribution in [2.45, 2.75) is 25.8 Å². The van der Waals surface area contributed by atoms with Crippen LogP contribution < -0.4 is 9.47 Å². The van der Waals surface area contributed by atoms with E-state index >= 15 is 0 Å². The fourth-order valence-corrected chi connectivity index (χ4v) is 2.67. The van der Waals surface area contributed by atoms with Crippen LogP contribution in [0.1, 0.15) is 24.8 Å². The molecular formula is C22H27NO5. The lowest BCUT2D eigenvalue weighted by molar-refractivity contribution is -0.142. The van der Waals surface area contributed by atoms with E-state index in [4.69, 9.17) is 9.47 Å². The summed E-state index contributed by atoms with van der Waals surface area (Å²) >= 11 is 0. The lowest BCUT2D eigenvalue weighted by Crippen LogP contribution is -2.32. The molecule has 0 spiro atoms.